The Bertz CT molecular complexity index is 909. The maximum absolute atomic E-state index is 12.5. The van der Waals surface area contributed by atoms with Gasteiger partial charge in [-0.2, -0.15) is 0 Å². The molecule has 122 valence electrons. The van der Waals surface area contributed by atoms with Crippen molar-refractivity contribution in [3.05, 3.63) is 59.4 Å². The highest BCUT2D eigenvalue weighted by atomic mass is 16.5. The lowest BCUT2D eigenvalue weighted by atomic mass is 10.1. The smallest absolute Gasteiger partial charge is 0.276 e. The number of hydrogen-bond donors (Lipinski definition) is 0. The van der Waals surface area contributed by atoms with Gasteiger partial charge in [-0.05, 0) is 19.9 Å². The number of fused-ring (bicyclic) bond motifs is 1. The van der Waals surface area contributed by atoms with E-state index < -0.39 is 0 Å². The van der Waals surface area contributed by atoms with Crippen LogP contribution >= 0.6 is 0 Å². The average molecular weight is 322 g/mol. The fourth-order valence-electron chi connectivity index (χ4n) is 3.10. The number of rotatable bonds is 2. The lowest BCUT2D eigenvalue weighted by Gasteiger charge is -2.28. The summed E-state index contributed by atoms with van der Waals surface area (Å²) >= 11 is 0. The van der Waals surface area contributed by atoms with E-state index in [0.717, 1.165) is 23.6 Å². The Labute approximate surface area is 139 Å². The molecule has 3 aromatic rings. The minimum absolute atomic E-state index is 0.113. The number of aryl methyl sites for hydroxylation is 2. The number of hydrogen-bond acceptors (Lipinski definition) is 4. The van der Waals surface area contributed by atoms with Crippen molar-refractivity contribution in [1.82, 2.24) is 19.6 Å². The molecule has 1 amide bonds. The first-order chi connectivity index (χ1) is 11.6. The lowest BCUT2D eigenvalue weighted by Crippen LogP contribution is -2.38. The van der Waals surface area contributed by atoms with E-state index in [4.69, 9.17) is 4.52 Å². The van der Waals surface area contributed by atoms with E-state index in [2.05, 4.69) is 45.9 Å². The van der Waals surface area contributed by atoms with Gasteiger partial charge in [0.2, 0.25) is 0 Å². The molecule has 0 N–H and O–H groups in total. The minimum Gasteiger partial charge on any atom is -0.361 e. The molecule has 0 spiro atoms. The number of amides is 1. The van der Waals surface area contributed by atoms with E-state index in [1.807, 2.05) is 6.20 Å². The van der Waals surface area contributed by atoms with Crippen LogP contribution in [0.4, 0.5) is 0 Å². The predicted octanol–water partition coefficient (Wildman–Crippen LogP) is 2.81. The average Bonchev–Trinajstić information content (AvgIpc) is 3.19. The third kappa shape index (κ3) is 2.50. The molecule has 1 aliphatic heterocycles. The quantitative estimate of drug-likeness (QED) is 0.728. The second kappa shape index (κ2) is 5.63. The molecule has 6 heteroatoms. The Hall–Kier alpha value is -2.89. The first kappa shape index (κ1) is 14.7. The van der Waals surface area contributed by atoms with Gasteiger partial charge in [-0.15, -0.1) is 0 Å². The van der Waals surface area contributed by atoms with Crippen molar-refractivity contribution < 1.29 is 9.32 Å². The van der Waals surface area contributed by atoms with Gasteiger partial charge < -0.3 is 14.0 Å². The number of carbonyl (C=O) groups excluding carboxylic acids is 1. The minimum atomic E-state index is -0.113. The second-order valence-corrected chi connectivity index (χ2v) is 6.13. The summed E-state index contributed by atoms with van der Waals surface area (Å²) in [5.74, 6) is 1.42. The molecule has 1 aliphatic rings. The van der Waals surface area contributed by atoms with E-state index in [-0.39, 0.29) is 5.91 Å². The zero-order valence-corrected chi connectivity index (χ0v) is 13.7. The van der Waals surface area contributed by atoms with Gasteiger partial charge in [-0.1, -0.05) is 28.9 Å². The van der Waals surface area contributed by atoms with Crippen LogP contribution < -0.4 is 0 Å². The fourth-order valence-corrected chi connectivity index (χ4v) is 3.10. The third-order valence-corrected chi connectivity index (χ3v) is 4.31. The summed E-state index contributed by atoms with van der Waals surface area (Å²) in [4.78, 5) is 18.8. The maximum atomic E-state index is 12.5. The molecule has 24 heavy (non-hydrogen) atoms. The van der Waals surface area contributed by atoms with Gasteiger partial charge in [0.25, 0.3) is 5.91 Å². The van der Waals surface area contributed by atoms with Crippen molar-refractivity contribution in [2.45, 2.75) is 26.9 Å². The SMILES string of the molecule is Cc1cccc(-c2cnc3n2CCN(C(=O)c2cc(C)on2)C3)c1. The van der Waals surface area contributed by atoms with Crippen LogP contribution in [0.3, 0.4) is 0 Å². The number of carbonyl (C=O) groups is 1. The first-order valence-corrected chi connectivity index (χ1v) is 7.96. The molecule has 2 aromatic heterocycles. The Kier molecular flexibility index (Phi) is 3.45. The molecule has 0 saturated carbocycles. The molecular formula is C18H18N4O2. The number of benzene rings is 1. The standard InChI is InChI=1S/C18H18N4O2/c1-12-4-3-5-14(8-12)16-10-19-17-11-21(6-7-22(16)17)18(23)15-9-13(2)24-20-15/h3-5,8-10H,6-7,11H2,1-2H3. The summed E-state index contributed by atoms with van der Waals surface area (Å²) in [6, 6.07) is 10.0. The summed E-state index contributed by atoms with van der Waals surface area (Å²) in [5, 5.41) is 3.82. The molecule has 0 fully saturated rings. The normalized spacial score (nSPS) is 13.8. The van der Waals surface area contributed by atoms with Gasteiger partial charge in [-0.3, -0.25) is 4.79 Å². The fraction of sp³-hybridized carbons (Fsp3) is 0.278. The number of aromatic nitrogens is 3. The molecule has 4 rings (SSSR count). The molecule has 0 radical (unpaired) electrons. The highest BCUT2D eigenvalue weighted by Gasteiger charge is 2.26. The van der Waals surface area contributed by atoms with Crippen molar-refractivity contribution in [3.63, 3.8) is 0 Å². The molecule has 0 bridgehead atoms. The van der Waals surface area contributed by atoms with E-state index in [9.17, 15) is 4.79 Å². The van der Waals surface area contributed by atoms with Crippen molar-refractivity contribution >= 4 is 5.91 Å². The topological polar surface area (TPSA) is 64.2 Å². The molecule has 0 unspecified atom stereocenters. The van der Waals surface area contributed by atoms with E-state index in [1.165, 1.54) is 5.56 Å². The van der Waals surface area contributed by atoms with Gasteiger partial charge in [0, 0.05) is 24.7 Å². The van der Waals surface area contributed by atoms with E-state index >= 15 is 0 Å². The van der Waals surface area contributed by atoms with Crippen LogP contribution in [0.5, 0.6) is 0 Å². The largest absolute Gasteiger partial charge is 0.361 e. The second-order valence-electron chi connectivity index (χ2n) is 6.13. The highest BCUT2D eigenvalue weighted by molar-refractivity contribution is 5.92. The van der Waals surface area contributed by atoms with E-state index in [0.29, 0.717) is 24.5 Å². The molecule has 6 nitrogen and oxygen atoms in total. The zero-order valence-electron chi connectivity index (χ0n) is 13.7. The van der Waals surface area contributed by atoms with Gasteiger partial charge in [-0.25, -0.2) is 4.98 Å². The van der Waals surface area contributed by atoms with Crippen LogP contribution in [-0.2, 0) is 13.1 Å². The monoisotopic (exact) mass is 322 g/mol. The third-order valence-electron chi connectivity index (χ3n) is 4.31. The number of imidazole rings is 1. The number of nitrogens with zero attached hydrogens (tertiary/aromatic N) is 4. The Morgan fingerprint density at radius 1 is 1.21 bits per heavy atom. The summed E-state index contributed by atoms with van der Waals surface area (Å²) in [6.45, 7) is 5.70. The Balaban J connectivity index is 1.60. The van der Waals surface area contributed by atoms with Crippen LogP contribution in [0.2, 0.25) is 0 Å². The van der Waals surface area contributed by atoms with Crippen LogP contribution in [-0.4, -0.2) is 32.1 Å². The van der Waals surface area contributed by atoms with E-state index in [1.54, 1.807) is 17.9 Å². The van der Waals surface area contributed by atoms with Crippen molar-refractivity contribution in [2.24, 2.45) is 0 Å². The maximum Gasteiger partial charge on any atom is 0.276 e. The van der Waals surface area contributed by atoms with Crippen LogP contribution in [0.15, 0.2) is 41.1 Å². The lowest BCUT2D eigenvalue weighted by molar-refractivity contribution is 0.0697. The summed E-state index contributed by atoms with van der Waals surface area (Å²) in [5.41, 5.74) is 3.82. The molecule has 0 atom stereocenters. The Morgan fingerprint density at radius 2 is 2.08 bits per heavy atom. The van der Waals surface area contributed by atoms with Crippen LogP contribution in [0.25, 0.3) is 11.3 Å². The highest BCUT2D eigenvalue weighted by Crippen LogP contribution is 2.25. The van der Waals surface area contributed by atoms with Gasteiger partial charge in [0.05, 0.1) is 18.4 Å². The van der Waals surface area contributed by atoms with Gasteiger partial charge in [0.15, 0.2) is 5.69 Å². The van der Waals surface area contributed by atoms with Crippen molar-refractivity contribution in [1.29, 1.82) is 0 Å². The zero-order chi connectivity index (χ0) is 16.7. The van der Waals surface area contributed by atoms with Crippen molar-refractivity contribution in [2.75, 3.05) is 6.54 Å². The molecule has 3 heterocycles. The molecule has 0 saturated heterocycles. The van der Waals surface area contributed by atoms with Gasteiger partial charge >= 0.3 is 0 Å². The first-order valence-electron chi connectivity index (χ1n) is 7.96. The van der Waals surface area contributed by atoms with Crippen LogP contribution in [0.1, 0.15) is 27.6 Å². The predicted molar refractivity (Wildman–Crippen MR) is 88.4 cm³/mol. The summed E-state index contributed by atoms with van der Waals surface area (Å²) in [6.07, 6.45) is 1.89. The molecule has 1 aromatic carbocycles. The molecule has 0 aliphatic carbocycles. The summed E-state index contributed by atoms with van der Waals surface area (Å²) < 4.78 is 7.19. The van der Waals surface area contributed by atoms with Crippen LogP contribution in [0, 0.1) is 13.8 Å². The summed E-state index contributed by atoms with van der Waals surface area (Å²) in [7, 11) is 0. The van der Waals surface area contributed by atoms with Gasteiger partial charge in [0.1, 0.15) is 11.6 Å². The Morgan fingerprint density at radius 3 is 2.83 bits per heavy atom. The van der Waals surface area contributed by atoms with Crippen molar-refractivity contribution in [3.8, 4) is 11.3 Å². The molecular weight excluding hydrogens is 304 g/mol.